The fourth-order valence-corrected chi connectivity index (χ4v) is 2.42. The highest BCUT2D eigenvalue weighted by Gasteiger charge is 2.09. The van der Waals surface area contributed by atoms with Crippen molar-refractivity contribution in [3.63, 3.8) is 0 Å². The van der Waals surface area contributed by atoms with Crippen molar-refractivity contribution in [1.29, 1.82) is 0 Å². The molecule has 0 bridgehead atoms. The molecule has 2 heterocycles. The quantitative estimate of drug-likeness (QED) is 0.881. The molecule has 0 aliphatic heterocycles. The molecule has 2 amide bonds. The van der Waals surface area contributed by atoms with E-state index in [0.717, 1.165) is 12.1 Å². The van der Waals surface area contributed by atoms with Crippen molar-refractivity contribution in [2.24, 2.45) is 0 Å². The molecule has 100 valence electrons. The smallest absolute Gasteiger partial charge is 0.315 e. The second-order valence-electron chi connectivity index (χ2n) is 4.21. The van der Waals surface area contributed by atoms with Crippen molar-refractivity contribution in [2.45, 2.75) is 19.4 Å². The van der Waals surface area contributed by atoms with Crippen molar-refractivity contribution in [2.75, 3.05) is 6.54 Å². The van der Waals surface area contributed by atoms with Crippen LogP contribution in [0.25, 0.3) is 0 Å². The Hall–Kier alpha value is -1.88. The molecule has 2 aromatic heterocycles. The Bertz CT molecular complexity index is 499. The van der Waals surface area contributed by atoms with Gasteiger partial charge in [-0.2, -0.15) is 0 Å². The third-order valence-corrected chi connectivity index (χ3v) is 3.65. The van der Waals surface area contributed by atoms with Crippen LogP contribution in [0.1, 0.15) is 23.5 Å². The molecule has 2 rings (SSSR count). The Balaban J connectivity index is 1.72. The molecule has 0 aliphatic rings. The molecular formula is C14H17N3OS. The van der Waals surface area contributed by atoms with Crippen molar-refractivity contribution in [1.82, 2.24) is 15.6 Å². The molecule has 4 nitrogen and oxygen atoms in total. The third kappa shape index (κ3) is 4.37. The van der Waals surface area contributed by atoms with Crippen molar-refractivity contribution >= 4 is 17.4 Å². The first kappa shape index (κ1) is 13.5. The first-order valence-electron chi connectivity index (χ1n) is 6.23. The molecule has 0 saturated carbocycles. The number of rotatable bonds is 5. The number of nitrogens with one attached hydrogen (secondary N) is 2. The second-order valence-corrected chi connectivity index (χ2v) is 5.24. The number of aromatic nitrogens is 1. The van der Waals surface area contributed by atoms with Gasteiger partial charge < -0.3 is 10.6 Å². The summed E-state index contributed by atoms with van der Waals surface area (Å²) in [6.45, 7) is 2.56. The number of urea groups is 1. The van der Waals surface area contributed by atoms with Gasteiger partial charge in [0, 0.05) is 17.6 Å². The number of pyridine rings is 1. The number of nitrogens with zero attached hydrogens (tertiary/aromatic N) is 1. The first-order chi connectivity index (χ1) is 9.25. The molecule has 2 aromatic rings. The third-order valence-electron chi connectivity index (χ3n) is 2.72. The summed E-state index contributed by atoms with van der Waals surface area (Å²) in [6.07, 6.45) is 2.59. The van der Waals surface area contributed by atoms with E-state index in [-0.39, 0.29) is 12.1 Å². The molecule has 1 atom stereocenters. The highest BCUT2D eigenvalue weighted by atomic mass is 32.1. The molecule has 0 spiro atoms. The average Bonchev–Trinajstić information content (AvgIpc) is 2.93. The van der Waals surface area contributed by atoms with E-state index < -0.39 is 0 Å². The first-order valence-corrected chi connectivity index (χ1v) is 7.11. The van der Waals surface area contributed by atoms with E-state index in [1.54, 1.807) is 17.5 Å². The predicted molar refractivity (Wildman–Crippen MR) is 77.2 cm³/mol. The fraction of sp³-hybridized carbons (Fsp3) is 0.286. The minimum absolute atomic E-state index is 0.0945. The summed E-state index contributed by atoms with van der Waals surface area (Å²) in [4.78, 5) is 17.2. The molecule has 0 fully saturated rings. The van der Waals surface area contributed by atoms with Gasteiger partial charge >= 0.3 is 6.03 Å². The van der Waals surface area contributed by atoms with Gasteiger partial charge in [-0.1, -0.05) is 12.1 Å². The van der Waals surface area contributed by atoms with Crippen molar-refractivity contribution in [3.05, 3.63) is 52.5 Å². The number of amides is 2. The van der Waals surface area contributed by atoms with Crippen LogP contribution in [0, 0.1) is 0 Å². The lowest BCUT2D eigenvalue weighted by atomic mass is 10.2. The molecule has 0 aliphatic carbocycles. The van der Waals surface area contributed by atoms with Crippen LogP contribution in [0.5, 0.6) is 0 Å². The van der Waals surface area contributed by atoms with Crippen LogP contribution in [0.4, 0.5) is 4.79 Å². The van der Waals surface area contributed by atoms with Gasteiger partial charge in [-0.25, -0.2) is 4.79 Å². The number of carbonyl (C=O) groups is 1. The van der Waals surface area contributed by atoms with Gasteiger partial charge in [-0.15, -0.1) is 11.3 Å². The lowest BCUT2D eigenvalue weighted by Gasteiger charge is -2.13. The summed E-state index contributed by atoms with van der Waals surface area (Å²) < 4.78 is 0. The highest BCUT2D eigenvalue weighted by Crippen LogP contribution is 2.09. The molecule has 0 saturated heterocycles. The van der Waals surface area contributed by atoms with E-state index in [2.05, 4.69) is 21.7 Å². The Labute approximate surface area is 116 Å². The van der Waals surface area contributed by atoms with Crippen molar-refractivity contribution < 1.29 is 4.79 Å². The molecule has 0 aromatic carbocycles. The average molecular weight is 275 g/mol. The van der Waals surface area contributed by atoms with Gasteiger partial charge in [-0.3, -0.25) is 4.98 Å². The van der Waals surface area contributed by atoms with Crippen LogP contribution < -0.4 is 10.6 Å². The van der Waals surface area contributed by atoms with Gasteiger partial charge in [0.25, 0.3) is 0 Å². The van der Waals surface area contributed by atoms with E-state index in [9.17, 15) is 4.79 Å². The number of thiophene rings is 1. The SMILES string of the molecule is CC(NC(=O)NCCc1cccs1)c1ccccn1. The van der Waals surface area contributed by atoms with Crippen LogP contribution in [-0.4, -0.2) is 17.6 Å². The van der Waals surface area contributed by atoms with Gasteiger partial charge in [0.15, 0.2) is 0 Å². The zero-order valence-corrected chi connectivity index (χ0v) is 11.6. The van der Waals surface area contributed by atoms with Crippen molar-refractivity contribution in [3.8, 4) is 0 Å². The lowest BCUT2D eigenvalue weighted by Crippen LogP contribution is -2.38. The predicted octanol–water partition coefficient (Wildman–Crippen LogP) is 2.75. The van der Waals surface area contributed by atoms with Crippen LogP contribution >= 0.6 is 11.3 Å². The van der Waals surface area contributed by atoms with Crippen LogP contribution in [0.15, 0.2) is 41.9 Å². The monoisotopic (exact) mass is 275 g/mol. The molecular weight excluding hydrogens is 258 g/mol. The Morgan fingerprint density at radius 1 is 1.37 bits per heavy atom. The van der Waals surface area contributed by atoms with Gasteiger partial charge in [0.05, 0.1) is 11.7 Å². The van der Waals surface area contributed by atoms with Crippen LogP contribution in [0.2, 0.25) is 0 Å². The molecule has 0 radical (unpaired) electrons. The minimum Gasteiger partial charge on any atom is -0.338 e. The Morgan fingerprint density at radius 2 is 2.26 bits per heavy atom. The summed E-state index contributed by atoms with van der Waals surface area (Å²) in [5.74, 6) is 0. The standard InChI is InChI=1S/C14H17N3OS/c1-11(13-6-2-3-8-15-13)17-14(18)16-9-7-12-5-4-10-19-12/h2-6,8,10-11H,7,9H2,1H3,(H2,16,17,18). The minimum atomic E-state index is -0.158. The molecule has 5 heteroatoms. The number of hydrogen-bond acceptors (Lipinski definition) is 3. The topological polar surface area (TPSA) is 54.0 Å². The zero-order valence-electron chi connectivity index (χ0n) is 10.8. The fourth-order valence-electron chi connectivity index (χ4n) is 1.71. The maximum absolute atomic E-state index is 11.7. The van der Waals surface area contributed by atoms with E-state index >= 15 is 0 Å². The zero-order chi connectivity index (χ0) is 13.5. The van der Waals surface area contributed by atoms with Crippen LogP contribution in [0.3, 0.4) is 0 Å². The van der Waals surface area contributed by atoms with E-state index in [1.165, 1.54) is 4.88 Å². The summed E-state index contributed by atoms with van der Waals surface area (Å²) >= 11 is 1.70. The lowest BCUT2D eigenvalue weighted by molar-refractivity contribution is 0.238. The maximum Gasteiger partial charge on any atom is 0.315 e. The molecule has 2 N–H and O–H groups in total. The van der Waals surface area contributed by atoms with E-state index in [4.69, 9.17) is 0 Å². The summed E-state index contributed by atoms with van der Waals surface area (Å²) in [7, 11) is 0. The number of hydrogen-bond donors (Lipinski definition) is 2. The molecule has 1 unspecified atom stereocenters. The van der Waals surface area contributed by atoms with Gasteiger partial charge in [0.1, 0.15) is 0 Å². The Kier molecular flexibility index (Phi) is 4.92. The Morgan fingerprint density at radius 3 is 2.95 bits per heavy atom. The van der Waals surface area contributed by atoms with E-state index in [1.807, 2.05) is 36.6 Å². The number of carbonyl (C=O) groups excluding carboxylic acids is 1. The summed E-state index contributed by atoms with van der Waals surface area (Å²) in [5, 5.41) is 7.76. The summed E-state index contributed by atoms with van der Waals surface area (Å²) in [6, 6.07) is 9.50. The maximum atomic E-state index is 11.7. The van der Waals surface area contributed by atoms with Crippen LogP contribution in [-0.2, 0) is 6.42 Å². The second kappa shape index (κ2) is 6.89. The molecule has 19 heavy (non-hydrogen) atoms. The normalized spacial score (nSPS) is 11.8. The van der Waals surface area contributed by atoms with E-state index in [0.29, 0.717) is 6.54 Å². The van der Waals surface area contributed by atoms with Gasteiger partial charge in [0.2, 0.25) is 0 Å². The van der Waals surface area contributed by atoms with Gasteiger partial charge in [-0.05, 0) is 36.9 Å². The highest BCUT2D eigenvalue weighted by molar-refractivity contribution is 7.09. The largest absolute Gasteiger partial charge is 0.338 e. The summed E-state index contributed by atoms with van der Waals surface area (Å²) in [5.41, 5.74) is 0.857.